The molecule has 3 aromatic rings. The molecule has 35 heavy (non-hydrogen) atoms. The van der Waals surface area contributed by atoms with Crippen LogP contribution in [-0.4, -0.2) is 47.9 Å². The number of carbonyl (C=O) groups is 1. The molecule has 2 nitrogen and oxygen atoms in total. The summed E-state index contributed by atoms with van der Waals surface area (Å²) < 4.78 is 9.64. The van der Waals surface area contributed by atoms with Gasteiger partial charge in [-0.3, -0.25) is 0 Å². The van der Waals surface area contributed by atoms with E-state index in [1.165, 1.54) is 25.1 Å². The number of rotatable bonds is 11. The maximum absolute atomic E-state index is 13.2. The van der Waals surface area contributed by atoms with E-state index in [1.54, 1.807) is 0 Å². The van der Waals surface area contributed by atoms with E-state index in [0.29, 0.717) is 48.7 Å². The average Bonchev–Trinajstić information content (AvgIpc) is 3.42. The van der Waals surface area contributed by atoms with Gasteiger partial charge in [0.1, 0.15) is 0 Å². The van der Waals surface area contributed by atoms with Crippen LogP contribution in [0, 0.1) is 5.92 Å². The Bertz CT molecular complexity index is 1090. The van der Waals surface area contributed by atoms with Gasteiger partial charge in [0.05, 0.1) is 0 Å². The van der Waals surface area contributed by atoms with Gasteiger partial charge in [0.2, 0.25) is 0 Å². The Morgan fingerprint density at radius 3 is 1.80 bits per heavy atom. The van der Waals surface area contributed by atoms with Gasteiger partial charge < -0.3 is 0 Å². The number of hydrogen-bond acceptors (Lipinski definition) is 2. The molecule has 4 heteroatoms. The van der Waals surface area contributed by atoms with Crippen molar-refractivity contribution >= 4 is 50.2 Å². The number of Topliss-reactive ketones (excluding diaryl/α,β-unsaturated/α-hetero) is 1. The molecule has 1 saturated heterocycles. The number of carbonyl (C=O) groups excluding carboxylic acids is 1. The molecule has 0 radical (unpaired) electrons. The SMILES string of the molecule is O=C1CC2COC(CCC[Se]c3ccccc3)(CCC[Se]c3ccccc3)C2=C1c1ccccc1. The molecular weight excluding hydrogens is 562 g/mol. The first-order valence-corrected chi connectivity index (χ1v) is 16.7. The summed E-state index contributed by atoms with van der Waals surface area (Å²) in [5, 5.41) is 2.42. The molecule has 5 rings (SSSR count). The van der Waals surface area contributed by atoms with E-state index in [-0.39, 0.29) is 11.5 Å². The molecule has 0 spiro atoms. The molecular formula is C31H32O2Se2. The van der Waals surface area contributed by atoms with Gasteiger partial charge >= 0.3 is 223 Å². The first-order valence-electron chi connectivity index (χ1n) is 12.6. The Morgan fingerprint density at radius 1 is 0.743 bits per heavy atom. The zero-order valence-corrected chi connectivity index (χ0v) is 23.5. The van der Waals surface area contributed by atoms with Crippen LogP contribution in [-0.2, 0) is 9.53 Å². The topological polar surface area (TPSA) is 26.3 Å². The van der Waals surface area contributed by atoms with Crippen molar-refractivity contribution in [1.82, 2.24) is 0 Å². The minimum absolute atomic E-state index is 0.261. The Hall–Kier alpha value is -1.93. The van der Waals surface area contributed by atoms with Crippen LogP contribution in [0.25, 0.3) is 5.57 Å². The van der Waals surface area contributed by atoms with Crippen LogP contribution < -0.4 is 8.92 Å². The normalized spacial score (nSPS) is 18.7. The molecule has 2 aliphatic rings. The molecule has 1 fully saturated rings. The zero-order valence-electron chi connectivity index (χ0n) is 20.0. The average molecular weight is 595 g/mol. The van der Waals surface area contributed by atoms with Gasteiger partial charge in [0.15, 0.2) is 0 Å². The number of fused-ring (bicyclic) bond motifs is 1. The fourth-order valence-corrected chi connectivity index (χ4v) is 9.12. The van der Waals surface area contributed by atoms with E-state index in [9.17, 15) is 4.79 Å². The molecule has 3 aromatic carbocycles. The predicted octanol–water partition coefficient (Wildman–Crippen LogP) is 5.25. The fraction of sp³-hybridized carbons (Fsp3) is 0.323. The van der Waals surface area contributed by atoms with Crippen molar-refractivity contribution in [3.8, 4) is 0 Å². The van der Waals surface area contributed by atoms with E-state index in [2.05, 4.69) is 72.8 Å². The van der Waals surface area contributed by atoms with Gasteiger partial charge in [-0.1, -0.05) is 0 Å². The summed E-state index contributed by atoms with van der Waals surface area (Å²) in [7, 11) is 0. The van der Waals surface area contributed by atoms with Crippen LogP contribution in [0.2, 0.25) is 10.6 Å². The summed E-state index contributed by atoms with van der Waals surface area (Å²) in [6.45, 7) is 0.699. The van der Waals surface area contributed by atoms with E-state index in [0.717, 1.165) is 36.8 Å². The molecule has 0 bridgehead atoms. The molecule has 0 saturated carbocycles. The van der Waals surface area contributed by atoms with Crippen molar-refractivity contribution in [3.05, 3.63) is 102 Å². The summed E-state index contributed by atoms with van der Waals surface area (Å²) in [5.74, 6) is 0.572. The summed E-state index contributed by atoms with van der Waals surface area (Å²) in [6, 6.07) is 32.0. The van der Waals surface area contributed by atoms with Crippen LogP contribution in [0.5, 0.6) is 0 Å². The van der Waals surface area contributed by atoms with Crippen LogP contribution in [0.15, 0.2) is 96.6 Å². The number of ether oxygens (including phenoxy) is 1. The summed E-state index contributed by atoms with van der Waals surface area (Å²) >= 11 is 0.970. The van der Waals surface area contributed by atoms with Gasteiger partial charge in [-0.15, -0.1) is 0 Å². The van der Waals surface area contributed by atoms with Gasteiger partial charge in [0.25, 0.3) is 0 Å². The molecule has 1 aliphatic heterocycles. The van der Waals surface area contributed by atoms with E-state index in [4.69, 9.17) is 4.74 Å². The van der Waals surface area contributed by atoms with Crippen molar-refractivity contribution in [2.24, 2.45) is 5.92 Å². The monoisotopic (exact) mass is 596 g/mol. The quantitative estimate of drug-likeness (QED) is 0.224. The third kappa shape index (κ3) is 5.91. The van der Waals surface area contributed by atoms with Crippen molar-refractivity contribution in [1.29, 1.82) is 0 Å². The standard InChI is InChI=1S/C31H32O2Se2/c32-28-22-25-23-33-31(18-10-20-34-26-14-6-2-7-15-26,19-11-21-35-27-16-8-3-9-17-27)30(25)29(28)24-12-4-1-5-13-24/h1-9,12-17,25H,10-11,18-23H2. The molecule has 180 valence electrons. The van der Waals surface area contributed by atoms with Crippen LogP contribution in [0.3, 0.4) is 0 Å². The van der Waals surface area contributed by atoms with Gasteiger partial charge in [-0.25, -0.2) is 0 Å². The van der Waals surface area contributed by atoms with Crippen molar-refractivity contribution in [2.45, 2.75) is 48.3 Å². The molecule has 1 aliphatic carbocycles. The third-order valence-electron chi connectivity index (χ3n) is 6.98. The van der Waals surface area contributed by atoms with Gasteiger partial charge in [0, 0.05) is 0 Å². The first-order chi connectivity index (χ1) is 17.3. The number of benzene rings is 3. The van der Waals surface area contributed by atoms with E-state index < -0.39 is 0 Å². The van der Waals surface area contributed by atoms with Crippen LogP contribution in [0.4, 0.5) is 0 Å². The Balaban J connectivity index is 1.34. The van der Waals surface area contributed by atoms with E-state index in [1.807, 2.05) is 18.2 Å². The Morgan fingerprint density at radius 2 is 1.26 bits per heavy atom. The Labute approximate surface area is 221 Å². The summed E-state index contributed by atoms with van der Waals surface area (Å²) in [6.07, 6.45) is 4.95. The summed E-state index contributed by atoms with van der Waals surface area (Å²) in [4.78, 5) is 13.2. The second-order valence-electron chi connectivity index (χ2n) is 9.31. The third-order valence-corrected chi connectivity index (χ3v) is 11.6. The van der Waals surface area contributed by atoms with E-state index >= 15 is 0 Å². The van der Waals surface area contributed by atoms with Crippen molar-refractivity contribution in [2.75, 3.05) is 6.61 Å². The van der Waals surface area contributed by atoms with Crippen molar-refractivity contribution < 1.29 is 9.53 Å². The molecule has 1 atom stereocenters. The molecule has 0 aromatic heterocycles. The van der Waals surface area contributed by atoms with Gasteiger partial charge in [-0.2, -0.15) is 0 Å². The summed E-state index contributed by atoms with van der Waals surface area (Å²) in [5.41, 5.74) is 3.09. The number of allylic oxidation sites excluding steroid dienone is 1. The zero-order chi connectivity index (χ0) is 23.9. The molecule has 0 N–H and O–H groups in total. The molecule has 1 unspecified atom stereocenters. The Kier molecular flexibility index (Phi) is 8.39. The second kappa shape index (κ2) is 11.9. The number of hydrogen-bond donors (Lipinski definition) is 0. The van der Waals surface area contributed by atoms with Crippen molar-refractivity contribution in [3.63, 3.8) is 0 Å². The first kappa shape index (κ1) is 24.7. The molecule has 0 amide bonds. The van der Waals surface area contributed by atoms with Crippen LogP contribution in [0.1, 0.15) is 37.7 Å². The fourth-order valence-electron chi connectivity index (χ4n) is 5.45. The van der Waals surface area contributed by atoms with Gasteiger partial charge in [-0.05, 0) is 0 Å². The minimum atomic E-state index is -0.276. The van der Waals surface area contributed by atoms with Crippen LogP contribution >= 0.6 is 0 Å². The predicted molar refractivity (Wildman–Crippen MR) is 147 cm³/mol. The molecule has 1 heterocycles. The number of ketones is 1. The second-order valence-corrected chi connectivity index (χ2v) is 14.2. The maximum atomic E-state index is 13.2.